The average molecular weight is 325 g/mol. The van der Waals surface area contributed by atoms with Gasteiger partial charge in [-0.05, 0) is 32.3 Å². The normalized spacial score (nSPS) is 10.9. The fourth-order valence-electron chi connectivity index (χ4n) is 1.87. The molecule has 2 aromatic rings. The van der Waals surface area contributed by atoms with E-state index < -0.39 is 0 Å². The molecular weight excluding hydrogens is 306 g/mol. The van der Waals surface area contributed by atoms with Gasteiger partial charge in [0.2, 0.25) is 0 Å². The van der Waals surface area contributed by atoms with Gasteiger partial charge < -0.3 is 16.0 Å². The Kier molecular flexibility index (Phi) is 4.79. The lowest BCUT2D eigenvalue weighted by atomic mass is 10.2. The molecule has 114 valence electrons. The number of nitrogen functional groups attached to an aromatic ring is 1. The van der Waals surface area contributed by atoms with Crippen molar-refractivity contribution in [1.29, 1.82) is 0 Å². The molecule has 0 aliphatic rings. The zero-order valence-electron chi connectivity index (χ0n) is 12.5. The summed E-state index contributed by atoms with van der Waals surface area (Å²) in [5.74, 6) is 0.0974. The number of thiazole rings is 1. The second-order valence-corrected chi connectivity index (χ2v) is 6.78. The molecule has 0 spiro atoms. The van der Waals surface area contributed by atoms with Crippen LogP contribution in [0, 0.1) is 6.92 Å². The number of aryl methyl sites for hydroxylation is 1. The van der Waals surface area contributed by atoms with Crippen molar-refractivity contribution in [2.75, 3.05) is 17.7 Å². The molecule has 6 nitrogen and oxygen atoms in total. The van der Waals surface area contributed by atoms with Crippen LogP contribution < -0.4 is 16.0 Å². The quantitative estimate of drug-likeness (QED) is 0.881. The summed E-state index contributed by atoms with van der Waals surface area (Å²) in [5.41, 5.74) is 9.15. The standard InChI is InChI=1S/C13H19N5OS2/c1-7(2)16-12(19)10-11(14)17-21-13(10)18(4)5-9-8(3)15-6-20-9/h6-7H,5H2,1-4H3,(H2,14,17)(H,16,19). The molecule has 0 aromatic carbocycles. The highest BCUT2D eigenvalue weighted by molar-refractivity contribution is 7.11. The van der Waals surface area contributed by atoms with Crippen molar-refractivity contribution in [3.05, 3.63) is 21.6 Å². The number of nitrogens with one attached hydrogen (secondary N) is 1. The maximum atomic E-state index is 12.3. The molecule has 1 amide bonds. The summed E-state index contributed by atoms with van der Waals surface area (Å²) in [6.07, 6.45) is 0. The van der Waals surface area contributed by atoms with Crippen LogP contribution in [-0.2, 0) is 6.54 Å². The van der Waals surface area contributed by atoms with E-state index in [-0.39, 0.29) is 17.8 Å². The lowest BCUT2D eigenvalue weighted by Gasteiger charge is -2.18. The predicted octanol–water partition coefficient (Wildman–Crippen LogP) is 2.26. The first-order valence-corrected chi connectivity index (χ1v) is 8.21. The minimum absolute atomic E-state index is 0.0543. The monoisotopic (exact) mass is 325 g/mol. The van der Waals surface area contributed by atoms with Gasteiger partial charge in [-0.15, -0.1) is 11.3 Å². The van der Waals surface area contributed by atoms with Crippen molar-refractivity contribution in [2.24, 2.45) is 0 Å². The minimum Gasteiger partial charge on any atom is -0.382 e. The van der Waals surface area contributed by atoms with Crippen molar-refractivity contribution in [1.82, 2.24) is 14.7 Å². The number of hydrogen-bond acceptors (Lipinski definition) is 7. The molecule has 2 heterocycles. The van der Waals surface area contributed by atoms with Crippen LogP contribution in [-0.4, -0.2) is 28.4 Å². The van der Waals surface area contributed by atoms with Crippen molar-refractivity contribution in [3.8, 4) is 0 Å². The number of nitrogens with zero attached hydrogens (tertiary/aromatic N) is 3. The summed E-state index contributed by atoms with van der Waals surface area (Å²) < 4.78 is 4.12. The van der Waals surface area contributed by atoms with Gasteiger partial charge in [0.05, 0.1) is 17.7 Å². The Morgan fingerprint density at radius 2 is 2.24 bits per heavy atom. The molecule has 0 bridgehead atoms. The summed E-state index contributed by atoms with van der Waals surface area (Å²) in [4.78, 5) is 19.7. The lowest BCUT2D eigenvalue weighted by Crippen LogP contribution is -2.31. The van der Waals surface area contributed by atoms with Gasteiger partial charge in [0.15, 0.2) is 5.82 Å². The first kappa shape index (κ1) is 15.7. The molecule has 21 heavy (non-hydrogen) atoms. The van der Waals surface area contributed by atoms with Crippen LogP contribution >= 0.6 is 22.9 Å². The topological polar surface area (TPSA) is 84.1 Å². The molecule has 0 aliphatic heterocycles. The van der Waals surface area contributed by atoms with Crippen LogP contribution in [0.2, 0.25) is 0 Å². The van der Waals surface area contributed by atoms with Crippen LogP contribution in [0.4, 0.5) is 10.8 Å². The second kappa shape index (κ2) is 6.40. The number of anilines is 2. The molecule has 2 aromatic heterocycles. The SMILES string of the molecule is Cc1ncsc1CN(C)c1snc(N)c1C(=O)NC(C)C. The van der Waals surface area contributed by atoms with Gasteiger partial charge in [-0.3, -0.25) is 4.79 Å². The first-order valence-electron chi connectivity index (χ1n) is 6.56. The van der Waals surface area contributed by atoms with Gasteiger partial charge in [-0.2, -0.15) is 4.37 Å². The number of carbonyl (C=O) groups excluding carboxylic acids is 1. The third-order valence-corrected chi connectivity index (χ3v) is 4.82. The lowest BCUT2D eigenvalue weighted by molar-refractivity contribution is 0.0945. The number of carbonyl (C=O) groups is 1. The van der Waals surface area contributed by atoms with E-state index in [0.717, 1.165) is 10.7 Å². The fourth-order valence-corrected chi connectivity index (χ4v) is 3.46. The maximum absolute atomic E-state index is 12.3. The zero-order valence-corrected chi connectivity index (χ0v) is 14.1. The number of nitrogens with two attached hydrogens (primary N) is 1. The minimum atomic E-state index is -0.181. The van der Waals surface area contributed by atoms with E-state index in [0.29, 0.717) is 12.1 Å². The van der Waals surface area contributed by atoms with Crippen molar-refractivity contribution in [2.45, 2.75) is 33.4 Å². The van der Waals surface area contributed by atoms with Gasteiger partial charge in [0.25, 0.3) is 5.91 Å². The average Bonchev–Trinajstić information content (AvgIpc) is 2.95. The summed E-state index contributed by atoms with van der Waals surface area (Å²) in [7, 11) is 1.93. The van der Waals surface area contributed by atoms with E-state index in [1.165, 1.54) is 16.4 Å². The molecule has 8 heteroatoms. The van der Waals surface area contributed by atoms with E-state index in [9.17, 15) is 4.79 Å². The Hall–Kier alpha value is -1.67. The molecule has 0 fully saturated rings. The Balaban J connectivity index is 2.24. The molecule has 0 atom stereocenters. The highest BCUT2D eigenvalue weighted by Crippen LogP contribution is 2.31. The largest absolute Gasteiger partial charge is 0.382 e. The Morgan fingerprint density at radius 1 is 1.52 bits per heavy atom. The highest BCUT2D eigenvalue weighted by atomic mass is 32.1. The molecule has 0 aliphatic carbocycles. The summed E-state index contributed by atoms with van der Waals surface area (Å²) in [5, 5.41) is 3.64. The Labute approximate surface area is 132 Å². The third kappa shape index (κ3) is 3.51. The summed E-state index contributed by atoms with van der Waals surface area (Å²) >= 11 is 2.85. The van der Waals surface area contributed by atoms with Crippen molar-refractivity contribution < 1.29 is 4.79 Å². The zero-order chi connectivity index (χ0) is 15.6. The van der Waals surface area contributed by atoms with E-state index in [1.807, 2.05) is 38.2 Å². The van der Waals surface area contributed by atoms with Gasteiger partial charge in [0.1, 0.15) is 10.6 Å². The molecule has 2 rings (SSSR count). The van der Waals surface area contributed by atoms with E-state index in [4.69, 9.17) is 5.73 Å². The smallest absolute Gasteiger partial charge is 0.258 e. The van der Waals surface area contributed by atoms with Gasteiger partial charge in [-0.25, -0.2) is 4.98 Å². The van der Waals surface area contributed by atoms with Crippen LogP contribution in [0.15, 0.2) is 5.51 Å². The fraction of sp³-hybridized carbons (Fsp3) is 0.462. The molecule has 0 radical (unpaired) electrons. The highest BCUT2D eigenvalue weighted by Gasteiger charge is 2.23. The van der Waals surface area contributed by atoms with Crippen LogP contribution in [0.3, 0.4) is 0 Å². The van der Waals surface area contributed by atoms with E-state index in [1.54, 1.807) is 11.3 Å². The van der Waals surface area contributed by atoms with E-state index in [2.05, 4.69) is 14.7 Å². The van der Waals surface area contributed by atoms with E-state index >= 15 is 0 Å². The predicted molar refractivity (Wildman–Crippen MR) is 88.1 cm³/mol. The molecular formula is C13H19N5OS2. The van der Waals surface area contributed by atoms with Crippen LogP contribution in [0.5, 0.6) is 0 Å². The van der Waals surface area contributed by atoms with Crippen molar-refractivity contribution in [3.63, 3.8) is 0 Å². The summed E-state index contributed by atoms with van der Waals surface area (Å²) in [6, 6.07) is 0.0543. The Morgan fingerprint density at radius 3 is 2.81 bits per heavy atom. The molecule has 0 saturated heterocycles. The van der Waals surface area contributed by atoms with Crippen molar-refractivity contribution >= 4 is 39.6 Å². The van der Waals surface area contributed by atoms with Crippen LogP contribution in [0.1, 0.15) is 34.8 Å². The van der Waals surface area contributed by atoms with Gasteiger partial charge >= 0.3 is 0 Å². The van der Waals surface area contributed by atoms with Gasteiger partial charge in [0, 0.05) is 18.0 Å². The first-order chi connectivity index (χ1) is 9.90. The summed E-state index contributed by atoms with van der Waals surface area (Å²) in [6.45, 7) is 6.49. The van der Waals surface area contributed by atoms with Crippen LogP contribution in [0.25, 0.3) is 0 Å². The molecule has 0 unspecified atom stereocenters. The molecule has 0 saturated carbocycles. The maximum Gasteiger partial charge on any atom is 0.258 e. The Bertz CT molecular complexity index is 634. The number of aromatic nitrogens is 2. The number of hydrogen-bond donors (Lipinski definition) is 2. The van der Waals surface area contributed by atoms with Gasteiger partial charge in [-0.1, -0.05) is 0 Å². The number of rotatable bonds is 5. The molecule has 3 N–H and O–H groups in total. The number of amides is 1. The second-order valence-electron chi connectivity index (χ2n) is 5.09. The third-order valence-electron chi connectivity index (χ3n) is 2.92.